The van der Waals surface area contributed by atoms with E-state index in [0.29, 0.717) is 22.6 Å². The van der Waals surface area contributed by atoms with Crippen LogP contribution in [0.15, 0.2) is 18.3 Å². The molecule has 4 heteroatoms. The number of nitrogens with zero attached hydrogens (tertiary/aromatic N) is 2. The highest BCUT2D eigenvalue weighted by Gasteiger charge is 2.13. The van der Waals surface area contributed by atoms with Gasteiger partial charge in [0.15, 0.2) is 0 Å². The van der Waals surface area contributed by atoms with E-state index in [1.807, 2.05) is 12.1 Å². The topological polar surface area (TPSA) is 42.2 Å². The summed E-state index contributed by atoms with van der Waals surface area (Å²) in [5.41, 5.74) is 7.43. The summed E-state index contributed by atoms with van der Waals surface area (Å²) < 4.78 is 0. The number of nitrogens with two attached hydrogens (primary N) is 1. The van der Waals surface area contributed by atoms with Gasteiger partial charge in [0.1, 0.15) is 4.99 Å². The number of hydrogen-bond donors (Lipinski definition) is 1. The number of rotatable bonds is 5. The Balaban J connectivity index is 3.01. The van der Waals surface area contributed by atoms with Crippen molar-refractivity contribution in [3.05, 3.63) is 24.0 Å². The second-order valence-corrected chi connectivity index (χ2v) is 5.34. The highest BCUT2D eigenvalue weighted by molar-refractivity contribution is 7.80. The Kier molecular flexibility index (Phi) is 4.87. The average molecular weight is 251 g/mol. The zero-order valence-electron chi connectivity index (χ0n) is 11.0. The normalized spacial score (nSPS) is 10.9. The fourth-order valence-corrected chi connectivity index (χ4v) is 1.85. The van der Waals surface area contributed by atoms with Crippen LogP contribution in [0.25, 0.3) is 0 Å². The van der Waals surface area contributed by atoms with Crippen LogP contribution in [-0.4, -0.2) is 22.6 Å². The van der Waals surface area contributed by atoms with Gasteiger partial charge in [-0.3, -0.25) is 4.98 Å². The predicted octanol–water partition coefficient (Wildman–Crippen LogP) is 2.59. The molecule has 1 aromatic heterocycles. The molecule has 0 spiro atoms. The van der Waals surface area contributed by atoms with Gasteiger partial charge < -0.3 is 10.6 Å². The Morgan fingerprint density at radius 2 is 2.06 bits per heavy atom. The third-order valence-electron chi connectivity index (χ3n) is 2.51. The monoisotopic (exact) mass is 251 g/mol. The van der Waals surface area contributed by atoms with Gasteiger partial charge in [-0.1, -0.05) is 26.1 Å². The summed E-state index contributed by atoms with van der Waals surface area (Å²) in [5.74, 6) is 0.610. The van der Waals surface area contributed by atoms with Gasteiger partial charge in [-0.05, 0) is 31.9 Å². The summed E-state index contributed by atoms with van der Waals surface area (Å²) in [6.45, 7) is 9.81. The number of thiocarbonyl (C=S) groups is 1. The van der Waals surface area contributed by atoms with Crippen molar-refractivity contribution < 1.29 is 0 Å². The molecule has 17 heavy (non-hydrogen) atoms. The van der Waals surface area contributed by atoms with Gasteiger partial charge in [0, 0.05) is 24.5 Å². The molecule has 0 fully saturated rings. The van der Waals surface area contributed by atoms with Crippen LogP contribution in [-0.2, 0) is 0 Å². The maximum absolute atomic E-state index is 5.61. The molecule has 1 rings (SSSR count). The lowest BCUT2D eigenvalue weighted by atomic mass is 10.1. The maximum atomic E-state index is 5.61. The lowest BCUT2D eigenvalue weighted by molar-refractivity contribution is 0.571. The Bertz CT molecular complexity index is 388. The molecule has 0 atom stereocenters. The molecule has 0 amide bonds. The SMILES string of the molecule is CC(C)CN(c1ccnc(C(N)=S)c1)C(C)C. The van der Waals surface area contributed by atoms with Crippen molar-refractivity contribution in [3.8, 4) is 0 Å². The van der Waals surface area contributed by atoms with Crippen LogP contribution >= 0.6 is 12.2 Å². The molecule has 0 saturated heterocycles. The van der Waals surface area contributed by atoms with Crippen LogP contribution in [0.1, 0.15) is 33.4 Å². The number of pyridine rings is 1. The van der Waals surface area contributed by atoms with Crippen molar-refractivity contribution in [2.75, 3.05) is 11.4 Å². The van der Waals surface area contributed by atoms with Crippen LogP contribution in [0.4, 0.5) is 5.69 Å². The summed E-state index contributed by atoms with van der Waals surface area (Å²) >= 11 is 4.96. The third-order valence-corrected chi connectivity index (χ3v) is 2.72. The first-order valence-electron chi connectivity index (χ1n) is 5.94. The van der Waals surface area contributed by atoms with Crippen LogP contribution in [0.2, 0.25) is 0 Å². The second kappa shape index (κ2) is 5.96. The minimum Gasteiger partial charge on any atom is -0.388 e. The van der Waals surface area contributed by atoms with E-state index in [2.05, 4.69) is 37.6 Å². The molecular weight excluding hydrogens is 230 g/mol. The lowest BCUT2D eigenvalue weighted by Gasteiger charge is -2.30. The van der Waals surface area contributed by atoms with Gasteiger partial charge in [0.25, 0.3) is 0 Å². The molecule has 0 aliphatic carbocycles. The van der Waals surface area contributed by atoms with Crippen molar-refractivity contribution in [1.29, 1.82) is 0 Å². The van der Waals surface area contributed by atoms with E-state index in [-0.39, 0.29) is 0 Å². The van der Waals surface area contributed by atoms with Crippen LogP contribution in [0.5, 0.6) is 0 Å². The molecular formula is C13H21N3S. The largest absolute Gasteiger partial charge is 0.388 e. The predicted molar refractivity (Wildman–Crippen MR) is 77.4 cm³/mol. The van der Waals surface area contributed by atoms with Crippen molar-refractivity contribution in [2.24, 2.45) is 11.7 Å². The summed E-state index contributed by atoms with van der Waals surface area (Å²) in [4.78, 5) is 6.86. The molecule has 1 aromatic rings. The van der Waals surface area contributed by atoms with Crippen molar-refractivity contribution in [1.82, 2.24) is 4.98 Å². The first kappa shape index (κ1) is 13.9. The average Bonchev–Trinajstić information content (AvgIpc) is 2.25. The van der Waals surface area contributed by atoms with Crippen LogP contribution in [0, 0.1) is 5.92 Å². The summed E-state index contributed by atoms with van der Waals surface area (Å²) in [6.07, 6.45) is 1.76. The van der Waals surface area contributed by atoms with E-state index >= 15 is 0 Å². The minimum absolute atomic E-state index is 0.347. The van der Waals surface area contributed by atoms with Crippen molar-refractivity contribution >= 4 is 22.9 Å². The van der Waals surface area contributed by atoms with E-state index in [0.717, 1.165) is 12.2 Å². The van der Waals surface area contributed by atoms with Gasteiger partial charge >= 0.3 is 0 Å². The number of hydrogen-bond acceptors (Lipinski definition) is 3. The second-order valence-electron chi connectivity index (χ2n) is 4.90. The Morgan fingerprint density at radius 3 is 2.53 bits per heavy atom. The van der Waals surface area contributed by atoms with E-state index in [1.165, 1.54) is 0 Å². The number of anilines is 1. The highest BCUT2D eigenvalue weighted by Crippen LogP contribution is 2.19. The zero-order valence-corrected chi connectivity index (χ0v) is 11.8. The van der Waals surface area contributed by atoms with E-state index in [4.69, 9.17) is 18.0 Å². The highest BCUT2D eigenvalue weighted by atomic mass is 32.1. The summed E-state index contributed by atoms with van der Waals surface area (Å²) in [5, 5.41) is 0. The molecule has 0 saturated carbocycles. The molecule has 1 heterocycles. The van der Waals surface area contributed by atoms with Gasteiger partial charge in [-0.15, -0.1) is 0 Å². The first-order chi connectivity index (χ1) is 7.91. The van der Waals surface area contributed by atoms with Gasteiger partial charge in [-0.25, -0.2) is 0 Å². The standard InChI is InChI=1S/C13H21N3S/c1-9(2)8-16(10(3)4)11-5-6-15-12(7-11)13(14)17/h5-7,9-10H,8H2,1-4H3,(H2,14,17). The third kappa shape index (κ3) is 3.97. The molecule has 0 radical (unpaired) electrons. The van der Waals surface area contributed by atoms with Gasteiger partial charge in [0.2, 0.25) is 0 Å². The summed E-state index contributed by atoms with van der Waals surface area (Å²) in [6, 6.07) is 4.41. The number of aromatic nitrogens is 1. The fraction of sp³-hybridized carbons (Fsp3) is 0.538. The van der Waals surface area contributed by atoms with Crippen molar-refractivity contribution in [3.63, 3.8) is 0 Å². The van der Waals surface area contributed by atoms with Crippen LogP contribution < -0.4 is 10.6 Å². The minimum atomic E-state index is 0.347. The Hall–Kier alpha value is -1.16. The Morgan fingerprint density at radius 1 is 1.41 bits per heavy atom. The molecule has 0 aliphatic heterocycles. The first-order valence-corrected chi connectivity index (χ1v) is 6.35. The molecule has 0 aliphatic rings. The molecule has 3 nitrogen and oxygen atoms in total. The van der Waals surface area contributed by atoms with Gasteiger partial charge in [-0.2, -0.15) is 0 Å². The smallest absolute Gasteiger partial charge is 0.122 e. The molecule has 94 valence electrons. The van der Waals surface area contributed by atoms with E-state index in [9.17, 15) is 0 Å². The molecule has 0 aromatic carbocycles. The Labute approximate surface area is 109 Å². The zero-order chi connectivity index (χ0) is 13.0. The lowest BCUT2D eigenvalue weighted by Crippen LogP contribution is -2.34. The van der Waals surface area contributed by atoms with Gasteiger partial charge in [0.05, 0.1) is 5.69 Å². The fourth-order valence-electron chi connectivity index (χ4n) is 1.74. The maximum Gasteiger partial charge on any atom is 0.122 e. The van der Waals surface area contributed by atoms with E-state index < -0.39 is 0 Å². The molecule has 2 N–H and O–H groups in total. The molecule has 0 bridgehead atoms. The van der Waals surface area contributed by atoms with E-state index in [1.54, 1.807) is 6.20 Å². The quantitative estimate of drug-likeness (QED) is 0.817. The molecule has 0 unspecified atom stereocenters. The van der Waals surface area contributed by atoms with Crippen LogP contribution in [0.3, 0.4) is 0 Å². The summed E-state index contributed by atoms with van der Waals surface area (Å²) in [7, 11) is 0. The van der Waals surface area contributed by atoms with Crippen molar-refractivity contribution in [2.45, 2.75) is 33.7 Å².